The van der Waals surface area contributed by atoms with Gasteiger partial charge in [0.15, 0.2) is 5.65 Å². The zero-order chi connectivity index (χ0) is 14.3. The van der Waals surface area contributed by atoms with Gasteiger partial charge < -0.3 is 5.32 Å². The molecule has 6 nitrogen and oxygen atoms in total. The van der Waals surface area contributed by atoms with Gasteiger partial charge in [-0.25, -0.2) is 9.67 Å². The van der Waals surface area contributed by atoms with Crippen molar-refractivity contribution in [3.05, 3.63) is 11.5 Å². The van der Waals surface area contributed by atoms with Crippen molar-refractivity contribution in [3.63, 3.8) is 0 Å². The van der Waals surface area contributed by atoms with Gasteiger partial charge in [-0.05, 0) is 26.7 Å². The number of carbonyl (C=O) groups is 1. The largest absolute Gasteiger partial charge is 0.354 e. The van der Waals surface area contributed by atoms with E-state index in [-0.39, 0.29) is 11.9 Å². The van der Waals surface area contributed by atoms with E-state index in [1.54, 1.807) is 0 Å². The zero-order valence-electron chi connectivity index (χ0n) is 11.7. The third kappa shape index (κ3) is 1.90. The number of nitrogens with zero attached hydrogens (tertiary/aromatic N) is 4. The van der Waals surface area contributed by atoms with E-state index in [9.17, 15) is 4.79 Å². The molecule has 1 amide bonds. The number of hydrogen-bond donors (Lipinski definition) is 1. The Hall–Kier alpha value is -1.56. The molecule has 0 spiro atoms. The van der Waals surface area contributed by atoms with E-state index in [1.165, 1.54) is 0 Å². The number of carbonyl (C=O) groups excluding carboxylic acids is 1. The Bertz CT molecular complexity index is 659. The molecule has 0 aliphatic carbocycles. The molecule has 1 N–H and O–H groups in total. The molecule has 0 saturated carbocycles. The van der Waals surface area contributed by atoms with E-state index in [2.05, 4.69) is 15.4 Å². The third-order valence-electron chi connectivity index (χ3n) is 3.80. The Morgan fingerprint density at radius 3 is 2.95 bits per heavy atom. The SMILES string of the molecule is CCn1nc(C)c2nc(CCl)n(C3CCCNC3=O)c21. The lowest BCUT2D eigenvalue weighted by Crippen LogP contribution is -2.38. The van der Waals surface area contributed by atoms with Crippen LogP contribution in [0.4, 0.5) is 0 Å². The van der Waals surface area contributed by atoms with Gasteiger partial charge in [0, 0.05) is 13.1 Å². The van der Waals surface area contributed by atoms with E-state index in [1.807, 2.05) is 23.1 Å². The number of fused-ring (bicyclic) bond motifs is 1. The maximum atomic E-state index is 12.2. The monoisotopic (exact) mass is 295 g/mol. The Morgan fingerprint density at radius 1 is 1.50 bits per heavy atom. The van der Waals surface area contributed by atoms with Crippen molar-refractivity contribution in [2.45, 2.75) is 45.2 Å². The van der Waals surface area contributed by atoms with Crippen LogP contribution in [0.3, 0.4) is 0 Å². The molecule has 0 aromatic carbocycles. The van der Waals surface area contributed by atoms with Gasteiger partial charge in [-0.2, -0.15) is 5.10 Å². The maximum Gasteiger partial charge on any atom is 0.243 e. The second-order valence-corrected chi connectivity index (χ2v) is 5.32. The van der Waals surface area contributed by atoms with Crippen molar-refractivity contribution in [3.8, 4) is 0 Å². The van der Waals surface area contributed by atoms with Crippen molar-refractivity contribution < 1.29 is 4.79 Å². The van der Waals surface area contributed by atoms with Gasteiger partial charge >= 0.3 is 0 Å². The summed E-state index contributed by atoms with van der Waals surface area (Å²) in [6.45, 7) is 5.46. The minimum atomic E-state index is -0.232. The normalized spacial score (nSPS) is 19.6. The van der Waals surface area contributed by atoms with Crippen LogP contribution in [-0.2, 0) is 17.2 Å². The number of rotatable bonds is 3. The topological polar surface area (TPSA) is 64.7 Å². The fraction of sp³-hybridized carbons (Fsp3) is 0.615. The number of aromatic nitrogens is 4. The van der Waals surface area contributed by atoms with Gasteiger partial charge in [-0.15, -0.1) is 11.6 Å². The van der Waals surface area contributed by atoms with Crippen molar-refractivity contribution >= 4 is 28.7 Å². The van der Waals surface area contributed by atoms with Gasteiger partial charge in [-0.1, -0.05) is 0 Å². The molecule has 0 radical (unpaired) electrons. The molecule has 2 aromatic heterocycles. The van der Waals surface area contributed by atoms with Crippen LogP contribution in [0.25, 0.3) is 11.2 Å². The van der Waals surface area contributed by atoms with Crippen molar-refractivity contribution in [2.75, 3.05) is 6.54 Å². The van der Waals surface area contributed by atoms with Crippen LogP contribution in [0.5, 0.6) is 0 Å². The number of imidazole rings is 1. The first kappa shape index (κ1) is 13.4. The van der Waals surface area contributed by atoms with E-state index in [0.717, 1.165) is 48.6 Å². The summed E-state index contributed by atoms with van der Waals surface area (Å²) in [5, 5.41) is 7.40. The summed E-state index contributed by atoms with van der Waals surface area (Å²) in [5.41, 5.74) is 2.63. The second kappa shape index (κ2) is 5.09. The third-order valence-corrected chi connectivity index (χ3v) is 4.04. The van der Waals surface area contributed by atoms with Crippen LogP contribution < -0.4 is 5.32 Å². The van der Waals surface area contributed by atoms with Crippen molar-refractivity contribution in [2.24, 2.45) is 0 Å². The van der Waals surface area contributed by atoms with E-state index < -0.39 is 0 Å². The Balaban J connectivity index is 2.23. The molecular weight excluding hydrogens is 278 g/mol. The quantitative estimate of drug-likeness (QED) is 0.878. The highest BCUT2D eigenvalue weighted by Crippen LogP contribution is 2.28. The zero-order valence-corrected chi connectivity index (χ0v) is 12.4. The molecule has 1 aliphatic rings. The lowest BCUT2D eigenvalue weighted by molar-refractivity contribution is -0.125. The highest BCUT2D eigenvalue weighted by molar-refractivity contribution is 6.16. The Morgan fingerprint density at radius 2 is 2.30 bits per heavy atom. The first-order valence-electron chi connectivity index (χ1n) is 6.95. The summed E-state index contributed by atoms with van der Waals surface area (Å²) in [6, 6.07) is -0.232. The first-order valence-corrected chi connectivity index (χ1v) is 7.48. The second-order valence-electron chi connectivity index (χ2n) is 5.05. The fourth-order valence-electron chi connectivity index (χ4n) is 2.88. The van der Waals surface area contributed by atoms with Crippen LogP contribution in [0.15, 0.2) is 0 Å². The average molecular weight is 296 g/mol. The minimum absolute atomic E-state index is 0.0448. The highest BCUT2D eigenvalue weighted by atomic mass is 35.5. The van der Waals surface area contributed by atoms with Crippen LogP contribution >= 0.6 is 11.6 Å². The van der Waals surface area contributed by atoms with E-state index >= 15 is 0 Å². The summed E-state index contributed by atoms with van der Waals surface area (Å²) in [7, 11) is 0. The van der Waals surface area contributed by atoms with Gasteiger partial charge in [0.2, 0.25) is 5.91 Å². The highest BCUT2D eigenvalue weighted by Gasteiger charge is 2.29. The van der Waals surface area contributed by atoms with Crippen LogP contribution in [0, 0.1) is 6.92 Å². The Kier molecular flexibility index (Phi) is 3.41. The molecular formula is C13H18ClN5O. The van der Waals surface area contributed by atoms with E-state index in [0.29, 0.717) is 5.88 Å². The number of piperidine rings is 1. The number of nitrogens with one attached hydrogen (secondary N) is 1. The van der Waals surface area contributed by atoms with E-state index in [4.69, 9.17) is 11.6 Å². The molecule has 1 atom stereocenters. The smallest absolute Gasteiger partial charge is 0.243 e. The fourth-order valence-corrected chi connectivity index (χ4v) is 3.07. The van der Waals surface area contributed by atoms with Gasteiger partial charge in [0.05, 0.1) is 11.6 Å². The van der Waals surface area contributed by atoms with Gasteiger partial charge in [0.25, 0.3) is 0 Å². The predicted octanol–water partition coefficient (Wildman–Crippen LogP) is 1.75. The molecule has 1 aliphatic heterocycles. The molecule has 3 rings (SSSR count). The van der Waals surface area contributed by atoms with Crippen LogP contribution in [-0.4, -0.2) is 31.8 Å². The van der Waals surface area contributed by atoms with Crippen molar-refractivity contribution in [1.29, 1.82) is 0 Å². The molecule has 20 heavy (non-hydrogen) atoms. The summed E-state index contributed by atoms with van der Waals surface area (Å²) in [5.74, 6) is 1.08. The number of alkyl halides is 1. The molecule has 0 bridgehead atoms. The number of halogens is 1. The standard InChI is InChI=1S/C13H18ClN5O/c1-3-18-13-11(8(2)17-18)16-10(7-14)19(13)9-5-4-6-15-12(9)20/h9H,3-7H2,1-2H3,(H,15,20). The number of aryl methyl sites for hydroxylation is 2. The molecule has 1 saturated heterocycles. The summed E-state index contributed by atoms with van der Waals surface area (Å²) in [4.78, 5) is 16.8. The molecule has 108 valence electrons. The number of amides is 1. The summed E-state index contributed by atoms with van der Waals surface area (Å²) < 4.78 is 3.87. The lowest BCUT2D eigenvalue weighted by atomic mass is 10.1. The summed E-state index contributed by atoms with van der Waals surface area (Å²) >= 11 is 6.03. The minimum Gasteiger partial charge on any atom is -0.354 e. The van der Waals surface area contributed by atoms with Gasteiger partial charge in [0.1, 0.15) is 17.4 Å². The lowest BCUT2D eigenvalue weighted by Gasteiger charge is -2.25. The summed E-state index contributed by atoms with van der Waals surface area (Å²) in [6.07, 6.45) is 1.78. The molecule has 7 heteroatoms. The first-order chi connectivity index (χ1) is 9.67. The molecule has 3 heterocycles. The van der Waals surface area contributed by atoms with Crippen LogP contribution in [0.2, 0.25) is 0 Å². The predicted molar refractivity (Wildman–Crippen MR) is 76.8 cm³/mol. The Labute approximate surface area is 122 Å². The van der Waals surface area contributed by atoms with Gasteiger partial charge in [-0.3, -0.25) is 9.36 Å². The molecule has 1 fully saturated rings. The average Bonchev–Trinajstić information content (AvgIpc) is 2.97. The van der Waals surface area contributed by atoms with Crippen LogP contribution in [0.1, 0.15) is 37.3 Å². The molecule has 1 unspecified atom stereocenters. The molecule has 2 aromatic rings. The number of hydrogen-bond acceptors (Lipinski definition) is 3. The maximum absolute atomic E-state index is 12.2. The van der Waals surface area contributed by atoms with Crippen molar-refractivity contribution in [1.82, 2.24) is 24.6 Å².